The lowest BCUT2D eigenvalue weighted by molar-refractivity contribution is -0.137. The van der Waals surface area contributed by atoms with Gasteiger partial charge in [-0.25, -0.2) is 0 Å². The summed E-state index contributed by atoms with van der Waals surface area (Å²) in [6.45, 7) is 0. The zero-order valence-corrected chi connectivity index (χ0v) is 12.6. The van der Waals surface area contributed by atoms with Crippen molar-refractivity contribution in [3.05, 3.63) is 57.0 Å². The molecule has 0 aromatic heterocycles. The monoisotopic (exact) mass is 374 g/mol. The third-order valence-electron chi connectivity index (χ3n) is 2.66. The summed E-state index contributed by atoms with van der Waals surface area (Å²) in [6.07, 6.45) is -4.42. The lowest BCUT2D eigenvalue weighted by Gasteiger charge is -2.13. The number of benzene rings is 2. The fraction of sp³-hybridized carbons (Fsp3) is 0.0714. The Hall–Kier alpha value is -1.71. The van der Waals surface area contributed by atoms with Crippen molar-refractivity contribution in [2.24, 2.45) is 0 Å². The van der Waals surface area contributed by atoms with Gasteiger partial charge in [0.05, 0.1) is 21.8 Å². The third kappa shape index (κ3) is 3.69. The molecular formula is C14H7BrClF3N2. The molecular weight excluding hydrogens is 369 g/mol. The van der Waals surface area contributed by atoms with Crippen LogP contribution in [0.15, 0.2) is 40.9 Å². The maximum Gasteiger partial charge on any atom is 0.416 e. The van der Waals surface area contributed by atoms with E-state index in [0.29, 0.717) is 15.7 Å². The minimum absolute atomic E-state index is 0.227. The summed E-state index contributed by atoms with van der Waals surface area (Å²) in [6, 6.07) is 9.75. The molecule has 0 amide bonds. The Balaban J connectivity index is 2.35. The highest BCUT2D eigenvalue weighted by Gasteiger charge is 2.30. The number of halogens is 5. The van der Waals surface area contributed by atoms with E-state index >= 15 is 0 Å². The van der Waals surface area contributed by atoms with Crippen LogP contribution in [0.3, 0.4) is 0 Å². The van der Waals surface area contributed by atoms with Gasteiger partial charge in [-0.1, -0.05) is 11.6 Å². The second-order valence-electron chi connectivity index (χ2n) is 4.12. The van der Waals surface area contributed by atoms with E-state index in [2.05, 4.69) is 21.2 Å². The Kier molecular flexibility index (Phi) is 4.45. The molecule has 0 aliphatic heterocycles. The molecule has 0 radical (unpaired) electrons. The molecule has 1 N–H and O–H groups in total. The Bertz CT molecular complexity index is 723. The molecule has 0 atom stereocenters. The highest BCUT2D eigenvalue weighted by molar-refractivity contribution is 9.10. The average Bonchev–Trinajstić information content (AvgIpc) is 2.40. The van der Waals surface area contributed by atoms with Crippen molar-refractivity contribution >= 4 is 38.9 Å². The largest absolute Gasteiger partial charge is 0.416 e. The van der Waals surface area contributed by atoms with Crippen molar-refractivity contribution in [1.82, 2.24) is 0 Å². The van der Waals surface area contributed by atoms with E-state index in [1.165, 1.54) is 18.2 Å². The lowest BCUT2D eigenvalue weighted by Crippen LogP contribution is -2.05. The standard InChI is InChI=1S/C14H7BrClF3N2/c15-11-4-2-9(14(17,18)19)5-13(11)21-10-3-1-8(7-20)12(16)6-10/h1-6,21H. The predicted octanol–water partition coefficient (Wildman–Crippen LogP) is 5.74. The highest BCUT2D eigenvalue weighted by atomic mass is 79.9. The first-order chi connectivity index (χ1) is 9.81. The SMILES string of the molecule is N#Cc1ccc(Nc2cc(C(F)(F)F)ccc2Br)cc1Cl. The number of rotatable bonds is 2. The molecule has 2 rings (SSSR count). The van der Waals surface area contributed by atoms with E-state index in [0.717, 1.165) is 12.1 Å². The fourth-order valence-corrected chi connectivity index (χ4v) is 2.20. The van der Waals surface area contributed by atoms with Crippen molar-refractivity contribution in [2.45, 2.75) is 6.18 Å². The van der Waals surface area contributed by atoms with Gasteiger partial charge in [0.15, 0.2) is 0 Å². The molecule has 0 aliphatic rings. The van der Waals surface area contributed by atoms with E-state index in [9.17, 15) is 13.2 Å². The second kappa shape index (κ2) is 5.96. The molecule has 0 saturated heterocycles. The van der Waals surface area contributed by atoms with Gasteiger partial charge in [-0.2, -0.15) is 18.4 Å². The summed E-state index contributed by atoms with van der Waals surface area (Å²) in [5.74, 6) is 0. The summed E-state index contributed by atoms with van der Waals surface area (Å²) < 4.78 is 38.6. The number of nitrogens with one attached hydrogen (secondary N) is 1. The quantitative estimate of drug-likeness (QED) is 0.727. The van der Waals surface area contributed by atoms with Gasteiger partial charge in [-0.05, 0) is 52.3 Å². The summed E-state index contributed by atoms with van der Waals surface area (Å²) in [4.78, 5) is 0. The van der Waals surface area contributed by atoms with E-state index in [1.54, 1.807) is 6.07 Å². The lowest BCUT2D eigenvalue weighted by atomic mass is 10.1. The molecule has 0 bridgehead atoms. The fourth-order valence-electron chi connectivity index (χ4n) is 1.64. The van der Waals surface area contributed by atoms with Crippen LogP contribution in [0.1, 0.15) is 11.1 Å². The molecule has 2 aromatic carbocycles. The van der Waals surface area contributed by atoms with Crippen LogP contribution < -0.4 is 5.32 Å². The second-order valence-corrected chi connectivity index (χ2v) is 5.39. The molecule has 0 heterocycles. The maximum atomic E-state index is 12.7. The van der Waals surface area contributed by atoms with E-state index in [4.69, 9.17) is 16.9 Å². The Labute approximate surface area is 132 Å². The molecule has 0 aliphatic carbocycles. The van der Waals surface area contributed by atoms with Crippen LogP contribution in [0.5, 0.6) is 0 Å². The molecule has 0 fully saturated rings. The van der Waals surface area contributed by atoms with Crippen molar-refractivity contribution < 1.29 is 13.2 Å². The van der Waals surface area contributed by atoms with Crippen LogP contribution in [0.4, 0.5) is 24.5 Å². The zero-order valence-electron chi connectivity index (χ0n) is 10.3. The third-order valence-corrected chi connectivity index (χ3v) is 3.67. The topological polar surface area (TPSA) is 35.8 Å². The Morgan fingerprint density at radius 3 is 2.43 bits per heavy atom. The van der Waals surface area contributed by atoms with Crippen molar-refractivity contribution in [1.29, 1.82) is 5.26 Å². The normalized spacial score (nSPS) is 11.0. The average molecular weight is 376 g/mol. The minimum atomic E-state index is -4.42. The molecule has 0 saturated carbocycles. The van der Waals surface area contributed by atoms with Gasteiger partial charge in [-0.3, -0.25) is 0 Å². The molecule has 0 unspecified atom stereocenters. The molecule has 7 heteroatoms. The number of nitrogens with zero attached hydrogens (tertiary/aromatic N) is 1. The van der Waals surface area contributed by atoms with Gasteiger partial charge < -0.3 is 5.32 Å². The molecule has 108 valence electrons. The van der Waals surface area contributed by atoms with Crippen LogP contribution in [0.25, 0.3) is 0 Å². The van der Waals surface area contributed by atoms with Crippen LogP contribution in [0, 0.1) is 11.3 Å². The van der Waals surface area contributed by atoms with Crippen molar-refractivity contribution in [2.75, 3.05) is 5.32 Å². The van der Waals surface area contributed by atoms with E-state index < -0.39 is 11.7 Å². The van der Waals surface area contributed by atoms with Gasteiger partial charge in [0.25, 0.3) is 0 Å². The number of anilines is 2. The smallest absolute Gasteiger partial charge is 0.355 e. The first-order valence-electron chi connectivity index (χ1n) is 5.64. The number of alkyl halides is 3. The molecule has 2 aromatic rings. The molecule has 0 spiro atoms. The minimum Gasteiger partial charge on any atom is -0.355 e. The number of hydrogen-bond donors (Lipinski definition) is 1. The predicted molar refractivity (Wildman–Crippen MR) is 78.6 cm³/mol. The number of nitriles is 1. The van der Waals surface area contributed by atoms with Crippen molar-refractivity contribution in [3.8, 4) is 6.07 Å². The maximum absolute atomic E-state index is 12.7. The summed E-state index contributed by atoms with van der Waals surface area (Å²) in [5, 5.41) is 11.8. The van der Waals surface area contributed by atoms with E-state index in [1.807, 2.05) is 6.07 Å². The van der Waals surface area contributed by atoms with Gasteiger partial charge in [0, 0.05) is 10.2 Å². The van der Waals surface area contributed by atoms with Crippen LogP contribution >= 0.6 is 27.5 Å². The van der Waals surface area contributed by atoms with Gasteiger partial charge in [-0.15, -0.1) is 0 Å². The first kappa shape index (κ1) is 15.7. The highest BCUT2D eigenvalue weighted by Crippen LogP contribution is 2.35. The zero-order chi connectivity index (χ0) is 15.6. The van der Waals surface area contributed by atoms with E-state index in [-0.39, 0.29) is 10.7 Å². The summed E-state index contributed by atoms with van der Waals surface area (Å²) in [7, 11) is 0. The van der Waals surface area contributed by atoms with Crippen molar-refractivity contribution in [3.63, 3.8) is 0 Å². The molecule has 2 nitrogen and oxygen atoms in total. The van der Waals surface area contributed by atoms with Gasteiger partial charge >= 0.3 is 6.18 Å². The Morgan fingerprint density at radius 1 is 1.14 bits per heavy atom. The van der Waals surface area contributed by atoms with Gasteiger partial charge in [0.2, 0.25) is 0 Å². The van der Waals surface area contributed by atoms with Gasteiger partial charge in [0.1, 0.15) is 6.07 Å². The summed E-state index contributed by atoms with van der Waals surface area (Å²) >= 11 is 9.07. The van der Waals surface area contributed by atoms with Crippen LogP contribution in [0.2, 0.25) is 5.02 Å². The summed E-state index contributed by atoms with van der Waals surface area (Å²) in [5.41, 5.74) is 0.280. The van der Waals surface area contributed by atoms with Crippen LogP contribution in [-0.4, -0.2) is 0 Å². The number of hydrogen-bond acceptors (Lipinski definition) is 2. The van der Waals surface area contributed by atoms with Crippen LogP contribution in [-0.2, 0) is 6.18 Å². The molecule has 21 heavy (non-hydrogen) atoms. The Morgan fingerprint density at radius 2 is 1.86 bits per heavy atom. The first-order valence-corrected chi connectivity index (χ1v) is 6.82.